The molecule has 0 saturated heterocycles. The molecule has 2 heteroatoms. The molecule has 2 rings (SSSR count). The van der Waals surface area contributed by atoms with Crippen LogP contribution in [0.5, 0.6) is 5.75 Å². The topological polar surface area (TPSA) is 32.3 Å². The number of phenolic OH excluding ortho intramolecular Hbond substituents is 1. The summed E-state index contributed by atoms with van der Waals surface area (Å²) in [4.78, 5) is 0. The van der Waals surface area contributed by atoms with Gasteiger partial charge in [-0.1, -0.05) is 12.1 Å². The van der Waals surface area contributed by atoms with Crippen LogP contribution in [0, 0.1) is 0 Å². The van der Waals surface area contributed by atoms with Crippen LogP contribution < -0.4 is 5.32 Å². The molecule has 1 atom stereocenters. The van der Waals surface area contributed by atoms with E-state index in [-0.39, 0.29) is 0 Å². The number of aromatic hydroxyl groups is 1. The summed E-state index contributed by atoms with van der Waals surface area (Å²) in [6, 6.07) is 5.77. The van der Waals surface area contributed by atoms with Crippen LogP contribution >= 0.6 is 0 Å². The van der Waals surface area contributed by atoms with Gasteiger partial charge in [0.25, 0.3) is 0 Å². The molecule has 0 spiro atoms. The highest BCUT2D eigenvalue weighted by molar-refractivity contribution is 5.48. The second kappa shape index (κ2) is 2.79. The molecule has 0 heterocycles. The minimum Gasteiger partial charge on any atom is -0.508 e. The van der Waals surface area contributed by atoms with Crippen LogP contribution in [0.25, 0.3) is 0 Å². The molecule has 0 saturated carbocycles. The summed E-state index contributed by atoms with van der Waals surface area (Å²) in [6.07, 6.45) is 1.02. The maximum Gasteiger partial charge on any atom is 0.119 e. The molecule has 2 N–H and O–H groups in total. The van der Waals surface area contributed by atoms with E-state index in [0.29, 0.717) is 11.7 Å². The molecule has 0 aliphatic heterocycles. The maximum atomic E-state index is 9.42. The highest BCUT2D eigenvalue weighted by Crippen LogP contribution is 2.39. The third-order valence-electron chi connectivity index (χ3n) is 2.53. The molecule has 12 heavy (non-hydrogen) atoms. The molecule has 0 amide bonds. The van der Waals surface area contributed by atoms with Gasteiger partial charge in [-0.2, -0.15) is 0 Å². The Morgan fingerprint density at radius 3 is 3.17 bits per heavy atom. The van der Waals surface area contributed by atoms with Gasteiger partial charge >= 0.3 is 0 Å². The van der Waals surface area contributed by atoms with Gasteiger partial charge in [-0.15, -0.1) is 0 Å². The Kier molecular flexibility index (Phi) is 1.77. The highest BCUT2D eigenvalue weighted by atomic mass is 16.3. The summed E-state index contributed by atoms with van der Waals surface area (Å²) >= 11 is 0. The Labute approximate surface area is 72.2 Å². The van der Waals surface area contributed by atoms with Crippen molar-refractivity contribution in [2.75, 3.05) is 13.6 Å². The largest absolute Gasteiger partial charge is 0.508 e. The lowest BCUT2D eigenvalue weighted by Crippen LogP contribution is -2.26. The van der Waals surface area contributed by atoms with E-state index >= 15 is 0 Å². The fourth-order valence-electron chi connectivity index (χ4n) is 1.85. The molecule has 0 aromatic heterocycles. The number of nitrogens with one attached hydrogen (secondary N) is 1. The number of fused-ring (bicyclic) bond motifs is 1. The Morgan fingerprint density at radius 1 is 1.58 bits per heavy atom. The second-order valence-corrected chi connectivity index (χ2v) is 3.30. The Bertz CT molecular complexity index is 296. The molecule has 0 radical (unpaired) electrons. The van der Waals surface area contributed by atoms with E-state index in [2.05, 4.69) is 11.4 Å². The van der Waals surface area contributed by atoms with Crippen molar-refractivity contribution in [3.05, 3.63) is 29.3 Å². The fourth-order valence-corrected chi connectivity index (χ4v) is 1.85. The summed E-state index contributed by atoms with van der Waals surface area (Å²) in [6.45, 7) is 1.01. The molecule has 1 aliphatic rings. The van der Waals surface area contributed by atoms with Crippen molar-refractivity contribution < 1.29 is 5.11 Å². The summed E-state index contributed by atoms with van der Waals surface area (Å²) < 4.78 is 0. The SMILES string of the molecule is CNCC1Cc2c(O)cccc21. The van der Waals surface area contributed by atoms with Crippen molar-refractivity contribution in [1.82, 2.24) is 5.32 Å². The van der Waals surface area contributed by atoms with Gasteiger partial charge < -0.3 is 10.4 Å². The molecular formula is C10H13NO. The predicted molar refractivity (Wildman–Crippen MR) is 48.5 cm³/mol. The summed E-state index contributed by atoms with van der Waals surface area (Å²) in [5, 5.41) is 12.6. The van der Waals surface area contributed by atoms with E-state index in [0.717, 1.165) is 18.5 Å². The van der Waals surface area contributed by atoms with Crippen LogP contribution in [-0.2, 0) is 6.42 Å². The minimum absolute atomic E-state index is 0.458. The number of hydrogen-bond donors (Lipinski definition) is 2. The molecule has 2 nitrogen and oxygen atoms in total. The van der Waals surface area contributed by atoms with Crippen LogP contribution in [0.2, 0.25) is 0 Å². The number of likely N-dealkylation sites (N-methyl/N-ethyl adjacent to an activating group) is 1. The van der Waals surface area contributed by atoms with Gasteiger partial charge in [0.15, 0.2) is 0 Å². The van der Waals surface area contributed by atoms with Crippen molar-refractivity contribution in [3.8, 4) is 5.75 Å². The Hall–Kier alpha value is -1.02. The highest BCUT2D eigenvalue weighted by Gasteiger charge is 2.27. The lowest BCUT2D eigenvalue weighted by atomic mass is 9.77. The van der Waals surface area contributed by atoms with Crippen LogP contribution in [0.1, 0.15) is 17.0 Å². The summed E-state index contributed by atoms with van der Waals surface area (Å²) in [7, 11) is 1.96. The van der Waals surface area contributed by atoms with Gasteiger partial charge in [0.2, 0.25) is 0 Å². The Balaban J connectivity index is 2.24. The quantitative estimate of drug-likeness (QED) is 0.687. The second-order valence-electron chi connectivity index (χ2n) is 3.30. The third-order valence-corrected chi connectivity index (χ3v) is 2.53. The lowest BCUT2D eigenvalue weighted by Gasteiger charge is -2.30. The molecule has 1 aromatic rings. The molecule has 0 fully saturated rings. The third kappa shape index (κ3) is 0.994. The number of hydrogen-bond acceptors (Lipinski definition) is 2. The van der Waals surface area contributed by atoms with Gasteiger partial charge in [0.05, 0.1) is 0 Å². The fraction of sp³-hybridized carbons (Fsp3) is 0.400. The first-order valence-corrected chi connectivity index (χ1v) is 4.28. The van der Waals surface area contributed by atoms with Crippen LogP contribution in [-0.4, -0.2) is 18.7 Å². The zero-order chi connectivity index (χ0) is 8.55. The standard InChI is InChI=1S/C10H13NO/c1-11-6-7-5-9-8(7)3-2-4-10(9)12/h2-4,7,11-12H,5-6H2,1H3. The smallest absolute Gasteiger partial charge is 0.119 e. The van der Waals surface area contributed by atoms with E-state index in [1.165, 1.54) is 5.56 Å². The number of phenols is 1. The van der Waals surface area contributed by atoms with Crippen LogP contribution in [0.4, 0.5) is 0 Å². The average Bonchev–Trinajstić information content (AvgIpc) is 2.04. The van der Waals surface area contributed by atoms with Crippen LogP contribution in [0.15, 0.2) is 18.2 Å². The average molecular weight is 163 g/mol. The number of rotatable bonds is 2. The molecule has 64 valence electrons. The van der Waals surface area contributed by atoms with Gasteiger partial charge in [-0.3, -0.25) is 0 Å². The van der Waals surface area contributed by atoms with E-state index in [9.17, 15) is 5.11 Å². The summed E-state index contributed by atoms with van der Waals surface area (Å²) in [5.74, 6) is 1.07. The summed E-state index contributed by atoms with van der Waals surface area (Å²) in [5.41, 5.74) is 2.45. The molecule has 0 bridgehead atoms. The van der Waals surface area contributed by atoms with Crippen molar-refractivity contribution in [3.63, 3.8) is 0 Å². The first-order valence-electron chi connectivity index (χ1n) is 4.28. The monoisotopic (exact) mass is 163 g/mol. The van der Waals surface area contributed by atoms with Crippen molar-refractivity contribution >= 4 is 0 Å². The molecular weight excluding hydrogens is 150 g/mol. The molecule has 1 aromatic carbocycles. The van der Waals surface area contributed by atoms with E-state index in [1.807, 2.05) is 13.1 Å². The van der Waals surface area contributed by atoms with E-state index in [4.69, 9.17) is 0 Å². The lowest BCUT2D eigenvalue weighted by molar-refractivity contribution is 0.447. The van der Waals surface area contributed by atoms with Crippen molar-refractivity contribution in [1.29, 1.82) is 0 Å². The number of benzene rings is 1. The van der Waals surface area contributed by atoms with Crippen molar-refractivity contribution in [2.24, 2.45) is 0 Å². The first kappa shape index (κ1) is 7.62. The van der Waals surface area contributed by atoms with Crippen molar-refractivity contribution in [2.45, 2.75) is 12.3 Å². The van der Waals surface area contributed by atoms with E-state index in [1.54, 1.807) is 6.07 Å². The molecule has 1 unspecified atom stereocenters. The normalized spacial score (nSPS) is 19.9. The van der Waals surface area contributed by atoms with Gasteiger partial charge in [0.1, 0.15) is 5.75 Å². The minimum atomic E-state index is 0.458. The van der Waals surface area contributed by atoms with Gasteiger partial charge in [-0.05, 0) is 30.7 Å². The van der Waals surface area contributed by atoms with Gasteiger partial charge in [-0.25, -0.2) is 0 Å². The predicted octanol–water partition coefficient (Wildman–Crippen LogP) is 1.25. The first-order chi connectivity index (χ1) is 5.83. The van der Waals surface area contributed by atoms with Crippen LogP contribution in [0.3, 0.4) is 0 Å². The Morgan fingerprint density at radius 2 is 2.42 bits per heavy atom. The molecule has 1 aliphatic carbocycles. The zero-order valence-corrected chi connectivity index (χ0v) is 7.17. The van der Waals surface area contributed by atoms with E-state index < -0.39 is 0 Å². The van der Waals surface area contributed by atoms with Gasteiger partial charge in [0, 0.05) is 12.5 Å². The maximum absolute atomic E-state index is 9.42. The zero-order valence-electron chi connectivity index (χ0n) is 7.17.